The van der Waals surface area contributed by atoms with E-state index in [1.165, 1.54) is 17.5 Å². The lowest BCUT2D eigenvalue weighted by Gasteiger charge is -2.47. The van der Waals surface area contributed by atoms with E-state index >= 15 is 0 Å². The molecule has 2 aliphatic carbocycles. The summed E-state index contributed by atoms with van der Waals surface area (Å²) in [5.41, 5.74) is 2.19. The van der Waals surface area contributed by atoms with E-state index in [0.29, 0.717) is 18.5 Å². The zero-order valence-electron chi connectivity index (χ0n) is 19.3. The maximum Gasteiger partial charge on any atom is 0.310 e. The van der Waals surface area contributed by atoms with Crippen LogP contribution in [0.2, 0.25) is 0 Å². The summed E-state index contributed by atoms with van der Waals surface area (Å²) in [5, 5.41) is 13.6. The lowest BCUT2D eigenvalue weighted by atomic mass is 9.67. The normalized spacial score (nSPS) is 25.8. The molecule has 0 aromatic heterocycles. The molecule has 2 aromatic carbocycles. The number of hydrogen-bond donors (Lipinski definition) is 2. The second-order valence-electron chi connectivity index (χ2n) is 10.8. The minimum absolute atomic E-state index is 0.119. The van der Waals surface area contributed by atoms with Gasteiger partial charge in [-0.1, -0.05) is 48.9 Å². The first-order valence-corrected chi connectivity index (χ1v) is 12.5. The van der Waals surface area contributed by atoms with Gasteiger partial charge in [0.15, 0.2) is 0 Å². The van der Waals surface area contributed by atoms with E-state index in [1.54, 1.807) is 12.1 Å². The van der Waals surface area contributed by atoms with Crippen molar-refractivity contribution >= 4 is 5.97 Å². The first-order valence-electron chi connectivity index (χ1n) is 12.5. The standard InChI is InChI=1S/C28H35FN2O2/c29-23-9-7-21(8-10-23)18-27(19-30-25-17-24(25)22-5-2-1-3-6-22)13-15-31(16-14-27)20-28(26(32)33)11-4-12-28/h1-3,5-10,24-25,30H,4,11-20H2,(H,32,33)/t24-,25+/m0/s1. The quantitative estimate of drug-likeness (QED) is 0.573. The molecule has 1 saturated heterocycles. The van der Waals surface area contributed by atoms with Gasteiger partial charge in [0, 0.05) is 25.0 Å². The summed E-state index contributed by atoms with van der Waals surface area (Å²) in [4.78, 5) is 14.2. The monoisotopic (exact) mass is 450 g/mol. The van der Waals surface area contributed by atoms with Gasteiger partial charge in [-0.25, -0.2) is 4.39 Å². The Balaban J connectivity index is 1.23. The molecule has 5 rings (SSSR count). The highest BCUT2D eigenvalue weighted by Gasteiger charge is 2.47. The molecule has 2 aromatic rings. The molecule has 0 spiro atoms. The number of aliphatic carboxylic acids is 1. The van der Waals surface area contributed by atoms with Crippen LogP contribution < -0.4 is 5.32 Å². The first-order chi connectivity index (χ1) is 16.0. The molecule has 4 nitrogen and oxygen atoms in total. The zero-order chi connectivity index (χ0) is 22.9. The van der Waals surface area contributed by atoms with Gasteiger partial charge < -0.3 is 15.3 Å². The molecule has 1 aliphatic heterocycles. The summed E-state index contributed by atoms with van der Waals surface area (Å²) in [6, 6.07) is 18.2. The molecule has 0 unspecified atom stereocenters. The van der Waals surface area contributed by atoms with E-state index in [1.807, 2.05) is 12.1 Å². The molecule has 3 aliphatic rings. The van der Waals surface area contributed by atoms with Crippen LogP contribution in [-0.2, 0) is 11.2 Å². The summed E-state index contributed by atoms with van der Waals surface area (Å²) in [6.07, 6.45) is 6.84. The van der Waals surface area contributed by atoms with E-state index in [2.05, 4.69) is 40.5 Å². The zero-order valence-corrected chi connectivity index (χ0v) is 19.3. The van der Waals surface area contributed by atoms with Gasteiger partial charge in [-0.15, -0.1) is 0 Å². The number of carboxylic acids is 1. The SMILES string of the molecule is O=C(O)C1(CN2CCC(CN[C@@H]3C[C@H]3c3ccccc3)(Cc3ccc(F)cc3)CC2)CCC1. The predicted molar refractivity (Wildman–Crippen MR) is 128 cm³/mol. The lowest BCUT2D eigenvalue weighted by molar-refractivity contribution is -0.156. The number of carboxylic acid groups (broad SMARTS) is 1. The van der Waals surface area contributed by atoms with Crippen molar-refractivity contribution in [2.24, 2.45) is 10.8 Å². The fourth-order valence-electron chi connectivity index (χ4n) is 5.94. The summed E-state index contributed by atoms with van der Waals surface area (Å²) >= 11 is 0. The van der Waals surface area contributed by atoms with Crippen LogP contribution in [-0.4, -0.2) is 48.2 Å². The summed E-state index contributed by atoms with van der Waals surface area (Å²) in [7, 11) is 0. The van der Waals surface area contributed by atoms with Crippen molar-refractivity contribution < 1.29 is 14.3 Å². The van der Waals surface area contributed by atoms with Crippen molar-refractivity contribution in [1.29, 1.82) is 0 Å². The molecule has 2 N–H and O–H groups in total. The topological polar surface area (TPSA) is 52.6 Å². The highest BCUT2D eigenvalue weighted by Crippen LogP contribution is 2.45. The van der Waals surface area contributed by atoms with Gasteiger partial charge in [-0.05, 0) is 80.3 Å². The van der Waals surface area contributed by atoms with Gasteiger partial charge in [0.1, 0.15) is 5.82 Å². The summed E-state index contributed by atoms with van der Waals surface area (Å²) in [5.74, 6) is -0.216. The number of likely N-dealkylation sites (tertiary alicyclic amines) is 1. The number of halogens is 1. The van der Waals surface area contributed by atoms with Crippen LogP contribution in [0.5, 0.6) is 0 Å². The summed E-state index contributed by atoms with van der Waals surface area (Å²) < 4.78 is 13.5. The second-order valence-corrected chi connectivity index (χ2v) is 10.8. The molecule has 176 valence electrons. The molecule has 3 fully saturated rings. The molecule has 1 heterocycles. The molecule has 2 saturated carbocycles. The largest absolute Gasteiger partial charge is 0.481 e. The lowest BCUT2D eigenvalue weighted by Crippen LogP contribution is -2.52. The van der Waals surface area contributed by atoms with Crippen molar-refractivity contribution in [2.45, 2.75) is 56.9 Å². The van der Waals surface area contributed by atoms with Crippen molar-refractivity contribution in [2.75, 3.05) is 26.2 Å². The van der Waals surface area contributed by atoms with E-state index in [9.17, 15) is 14.3 Å². The smallest absolute Gasteiger partial charge is 0.310 e. The van der Waals surface area contributed by atoms with Crippen LogP contribution >= 0.6 is 0 Å². The Hall–Kier alpha value is -2.24. The molecule has 2 atom stereocenters. The highest BCUT2D eigenvalue weighted by atomic mass is 19.1. The van der Waals surface area contributed by atoms with Crippen LogP contribution in [0.4, 0.5) is 4.39 Å². The average Bonchev–Trinajstić information content (AvgIpc) is 3.58. The van der Waals surface area contributed by atoms with Gasteiger partial charge in [0.2, 0.25) is 0 Å². The molecular formula is C28H35FN2O2. The third kappa shape index (κ3) is 4.99. The van der Waals surface area contributed by atoms with Crippen molar-refractivity contribution in [3.05, 3.63) is 71.5 Å². The number of piperidine rings is 1. The Kier molecular flexibility index (Phi) is 6.28. The fraction of sp³-hybridized carbons (Fsp3) is 0.536. The van der Waals surface area contributed by atoms with E-state index < -0.39 is 11.4 Å². The third-order valence-corrected chi connectivity index (χ3v) is 8.46. The Morgan fingerprint density at radius 2 is 1.73 bits per heavy atom. The van der Waals surface area contributed by atoms with Gasteiger partial charge in [0.05, 0.1) is 5.41 Å². The van der Waals surface area contributed by atoms with Gasteiger partial charge >= 0.3 is 5.97 Å². The van der Waals surface area contributed by atoms with Crippen LogP contribution in [0, 0.1) is 16.6 Å². The van der Waals surface area contributed by atoms with Crippen molar-refractivity contribution in [3.8, 4) is 0 Å². The van der Waals surface area contributed by atoms with E-state index in [0.717, 1.165) is 58.2 Å². The molecule has 0 amide bonds. The Morgan fingerprint density at radius 1 is 1.03 bits per heavy atom. The minimum atomic E-state index is -0.626. The molecule has 5 heteroatoms. The Morgan fingerprint density at radius 3 is 2.33 bits per heavy atom. The van der Waals surface area contributed by atoms with Gasteiger partial charge in [-0.2, -0.15) is 0 Å². The fourth-order valence-corrected chi connectivity index (χ4v) is 5.94. The first kappa shape index (κ1) is 22.5. The molecule has 0 bridgehead atoms. The van der Waals surface area contributed by atoms with Crippen LogP contribution in [0.25, 0.3) is 0 Å². The van der Waals surface area contributed by atoms with Crippen molar-refractivity contribution in [1.82, 2.24) is 10.2 Å². The third-order valence-electron chi connectivity index (χ3n) is 8.46. The van der Waals surface area contributed by atoms with Crippen LogP contribution in [0.15, 0.2) is 54.6 Å². The van der Waals surface area contributed by atoms with Crippen LogP contribution in [0.1, 0.15) is 55.6 Å². The van der Waals surface area contributed by atoms with Gasteiger partial charge in [-0.3, -0.25) is 4.79 Å². The number of nitrogens with zero attached hydrogens (tertiary/aromatic N) is 1. The van der Waals surface area contributed by atoms with Gasteiger partial charge in [0.25, 0.3) is 0 Å². The Bertz CT molecular complexity index is 950. The number of hydrogen-bond acceptors (Lipinski definition) is 3. The number of nitrogens with one attached hydrogen (secondary N) is 1. The predicted octanol–water partition coefficient (Wildman–Crippen LogP) is 4.85. The number of rotatable bonds is 9. The maximum atomic E-state index is 13.5. The number of carbonyl (C=O) groups is 1. The average molecular weight is 451 g/mol. The Labute approximate surface area is 196 Å². The molecule has 33 heavy (non-hydrogen) atoms. The minimum Gasteiger partial charge on any atom is -0.481 e. The van der Waals surface area contributed by atoms with Crippen LogP contribution in [0.3, 0.4) is 0 Å². The van der Waals surface area contributed by atoms with E-state index in [-0.39, 0.29) is 11.2 Å². The van der Waals surface area contributed by atoms with Crippen molar-refractivity contribution in [3.63, 3.8) is 0 Å². The molecular weight excluding hydrogens is 415 g/mol. The maximum absolute atomic E-state index is 13.5. The second kappa shape index (κ2) is 9.19. The highest BCUT2D eigenvalue weighted by molar-refractivity contribution is 5.76. The van der Waals surface area contributed by atoms with E-state index in [4.69, 9.17) is 0 Å². The summed E-state index contributed by atoms with van der Waals surface area (Å²) in [6.45, 7) is 3.51. The number of benzene rings is 2. The molecule has 0 radical (unpaired) electrons.